The molecule has 0 aliphatic rings. The summed E-state index contributed by atoms with van der Waals surface area (Å²) in [5.41, 5.74) is 0. The molecule has 0 heterocycles. The minimum Gasteiger partial charge on any atom is -0.381 e. The van der Waals surface area contributed by atoms with Gasteiger partial charge in [-0.2, -0.15) is 0 Å². The molecule has 0 aromatic rings. The lowest BCUT2D eigenvalue weighted by Gasteiger charge is -2.26. The molecule has 0 aromatic carbocycles. The zero-order valence-electron chi connectivity index (χ0n) is 10.3. The maximum Gasteiger partial charge on any atom is 0.0183 e. The van der Waals surface area contributed by atoms with Crippen molar-refractivity contribution in [1.29, 1.82) is 0 Å². The summed E-state index contributed by atoms with van der Waals surface area (Å²) >= 11 is 0. The van der Waals surface area contributed by atoms with Crippen LogP contribution in [-0.4, -0.2) is 43.0 Å². The van der Waals surface area contributed by atoms with E-state index < -0.39 is 0 Å². The monoisotopic (exact) mass is 198 g/mol. The second-order valence-electron chi connectivity index (χ2n) is 4.14. The predicted molar refractivity (Wildman–Crippen MR) is 64.4 cm³/mol. The number of hydrogen-bond acceptors (Lipinski definition) is 2. The van der Waals surface area contributed by atoms with Gasteiger partial charge in [-0.15, -0.1) is 0 Å². The van der Waals surface area contributed by atoms with Crippen molar-refractivity contribution < 1.29 is 0 Å². The SMILES string of the molecule is C=CN(C)CCC(C)N(C)CCCC. The summed E-state index contributed by atoms with van der Waals surface area (Å²) in [7, 11) is 4.29. The van der Waals surface area contributed by atoms with Crippen molar-refractivity contribution in [3.05, 3.63) is 12.8 Å². The standard InChI is InChI=1S/C12H26N2/c1-6-8-10-14(5)12(3)9-11-13(4)7-2/h7,12H,2,6,8-11H2,1,3-5H3. The Balaban J connectivity index is 3.60. The number of nitrogens with zero attached hydrogens (tertiary/aromatic N) is 2. The Morgan fingerprint density at radius 3 is 2.43 bits per heavy atom. The zero-order valence-corrected chi connectivity index (χ0v) is 10.3. The first-order chi connectivity index (χ1) is 6.61. The van der Waals surface area contributed by atoms with E-state index in [1.54, 1.807) is 0 Å². The molecule has 0 N–H and O–H groups in total. The molecule has 0 fully saturated rings. The van der Waals surface area contributed by atoms with Gasteiger partial charge in [0.25, 0.3) is 0 Å². The van der Waals surface area contributed by atoms with Gasteiger partial charge in [-0.1, -0.05) is 19.9 Å². The third-order valence-electron chi connectivity index (χ3n) is 2.83. The Hall–Kier alpha value is -0.500. The van der Waals surface area contributed by atoms with Gasteiger partial charge in [0.1, 0.15) is 0 Å². The summed E-state index contributed by atoms with van der Waals surface area (Å²) in [6, 6.07) is 0.670. The van der Waals surface area contributed by atoms with Crippen LogP contribution in [0, 0.1) is 0 Å². The van der Waals surface area contributed by atoms with Crippen LogP contribution >= 0.6 is 0 Å². The van der Waals surface area contributed by atoms with Crippen molar-refractivity contribution in [2.75, 3.05) is 27.2 Å². The maximum atomic E-state index is 3.75. The Morgan fingerprint density at radius 2 is 1.93 bits per heavy atom. The van der Waals surface area contributed by atoms with Crippen LogP contribution < -0.4 is 0 Å². The average Bonchev–Trinajstić information content (AvgIpc) is 2.21. The van der Waals surface area contributed by atoms with Crippen LogP contribution in [-0.2, 0) is 0 Å². The van der Waals surface area contributed by atoms with E-state index in [0.29, 0.717) is 6.04 Å². The van der Waals surface area contributed by atoms with Crippen LogP contribution in [0.25, 0.3) is 0 Å². The summed E-state index contributed by atoms with van der Waals surface area (Å²) < 4.78 is 0. The summed E-state index contributed by atoms with van der Waals surface area (Å²) in [5, 5.41) is 0. The first kappa shape index (κ1) is 13.5. The van der Waals surface area contributed by atoms with Crippen molar-refractivity contribution in [3.8, 4) is 0 Å². The van der Waals surface area contributed by atoms with Gasteiger partial charge >= 0.3 is 0 Å². The van der Waals surface area contributed by atoms with Crippen molar-refractivity contribution in [3.63, 3.8) is 0 Å². The van der Waals surface area contributed by atoms with Crippen LogP contribution in [0.15, 0.2) is 12.8 Å². The molecule has 2 heteroatoms. The molecule has 2 nitrogen and oxygen atoms in total. The molecule has 0 aliphatic heterocycles. The molecule has 0 amide bonds. The Kier molecular flexibility index (Phi) is 7.58. The molecule has 1 atom stereocenters. The fraction of sp³-hybridized carbons (Fsp3) is 0.833. The van der Waals surface area contributed by atoms with Gasteiger partial charge in [-0.3, -0.25) is 0 Å². The highest BCUT2D eigenvalue weighted by atomic mass is 15.1. The summed E-state index contributed by atoms with van der Waals surface area (Å²) in [4.78, 5) is 4.59. The van der Waals surface area contributed by atoms with Crippen molar-refractivity contribution in [1.82, 2.24) is 9.80 Å². The Labute approximate surface area is 89.6 Å². The van der Waals surface area contributed by atoms with Crippen LogP contribution in [0.1, 0.15) is 33.1 Å². The summed E-state index contributed by atoms with van der Waals surface area (Å²) in [6.45, 7) is 10.6. The smallest absolute Gasteiger partial charge is 0.0183 e. The molecule has 0 saturated carbocycles. The summed E-state index contributed by atoms with van der Waals surface area (Å²) in [6.07, 6.45) is 5.68. The highest BCUT2D eigenvalue weighted by Crippen LogP contribution is 2.04. The highest BCUT2D eigenvalue weighted by molar-refractivity contribution is 4.70. The van der Waals surface area contributed by atoms with E-state index in [2.05, 4.69) is 44.3 Å². The minimum absolute atomic E-state index is 0.670. The van der Waals surface area contributed by atoms with Gasteiger partial charge in [0.2, 0.25) is 0 Å². The van der Waals surface area contributed by atoms with Gasteiger partial charge in [-0.25, -0.2) is 0 Å². The molecule has 1 unspecified atom stereocenters. The molecule has 14 heavy (non-hydrogen) atoms. The number of rotatable bonds is 8. The second-order valence-corrected chi connectivity index (χ2v) is 4.14. The highest BCUT2D eigenvalue weighted by Gasteiger charge is 2.08. The van der Waals surface area contributed by atoms with Gasteiger partial charge in [-0.05, 0) is 39.6 Å². The number of unbranched alkanes of at least 4 members (excludes halogenated alkanes) is 1. The first-order valence-corrected chi connectivity index (χ1v) is 5.64. The van der Waals surface area contributed by atoms with Crippen LogP contribution in [0.2, 0.25) is 0 Å². The normalized spacial score (nSPS) is 12.9. The Morgan fingerprint density at radius 1 is 1.29 bits per heavy atom. The van der Waals surface area contributed by atoms with Crippen LogP contribution in [0.3, 0.4) is 0 Å². The number of hydrogen-bond donors (Lipinski definition) is 0. The lowest BCUT2D eigenvalue weighted by molar-refractivity contribution is 0.229. The molecular weight excluding hydrogens is 172 g/mol. The molecule has 0 spiro atoms. The van der Waals surface area contributed by atoms with E-state index in [1.807, 2.05) is 6.20 Å². The van der Waals surface area contributed by atoms with Gasteiger partial charge < -0.3 is 9.80 Å². The predicted octanol–water partition coefficient (Wildman–Crippen LogP) is 2.57. The first-order valence-electron chi connectivity index (χ1n) is 5.64. The molecule has 0 aromatic heterocycles. The Bertz CT molecular complexity index is 145. The maximum absolute atomic E-state index is 3.75. The lowest BCUT2D eigenvalue weighted by Crippen LogP contribution is -2.32. The van der Waals surface area contributed by atoms with E-state index >= 15 is 0 Å². The van der Waals surface area contributed by atoms with E-state index in [9.17, 15) is 0 Å². The largest absolute Gasteiger partial charge is 0.381 e. The zero-order chi connectivity index (χ0) is 11.0. The van der Waals surface area contributed by atoms with E-state index in [-0.39, 0.29) is 0 Å². The quantitative estimate of drug-likeness (QED) is 0.591. The molecule has 0 bridgehead atoms. The van der Waals surface area contributed by atoms with Gasteiger partial charge in [0.05, 0.1) is 0 Å². The van der Waals surface area contributed by atoms with Crippen molar-refractivity contribution in [2.24, 2.45) is 0 Å². The van der Waals surface area contributed by atoms with Crippen LogP contribution in [0.5, 0.6) is 0 Å². The average molecular weight is 198 g/mol. The van der Waals surface area contributed by atoms with Crippen LogP contribution in [0.4, 0.5) is 0 Å². The molecule has 84 valence electrons. The van der Waals surface area contributed by atoms with Crippen molar-refractivity contribution in [2.45, 2.75) is 39.2 Å². The van der Waals surface area contributed by atoms with Gasteiger partial charge in [0.15, 0.2) is 0 Å². The fourth-order valence-corrected chi connectivity index (χ4v) is 1.33. The van der Waals surface area contributed by atoms with Crippen molar-refractivity contribution >= 4 is 0 Å². The third-order valence-corrected chi connectivity index (χ3v) is 2.83. The molecular formula is C12H26N2. The molecule has 0 radical (unpaired) electrons. The minimum atomic E-state index is 0.670. The fourth-order valence-electron chi connectivity index (χ4n) is 1.33. The molecule has 0 saturated heterocycles. The van der Waals surface area contributed by atoms with E-state index in [1.165, 1.54) is 25.8 Å². The molecule has 0 aliphatic carbocycles. The summed E-state index contributed by atoms with van der Waals surface area (Å²) in [5.74, 6) is 0. The van der Waals surface area contributed by atoms with E-state index in [0.717, 1.165) is 6.54 Å². The van der Waals surface area contributed by atoms with E-state index in [4.69, 9.17) is 0 Å². The van der Waals surface area contributed by atoms with Gasteiger partial charge in [0, 0.05) is 19.6 Å². The second kappa shape index (κ2) is 7.86. The molecule has 0 rings (SSSR count). The lowest BCUT2D eigenvalue weighted by atomic mass is 10.2. The topological polar surface area (TPSA) is 6.48 Å². The third kappa shape index (κ3) is 6.03.